The van der Waals surface area contributed by atoms with Crippen LogP contribution in [0, 0.1) is 5.82 Å². The van der Waals surface area contributed by atoms with E-state index in [-0.39, 0.29) is 28.3 Å². The third-order valence-electron chi connectivity index (χ3n) is 2.69. The minimum absolute atomic E-state index is 0. The zero-order valence-corrected chi connectivity index (χ0v) is 10.3. The highest BCUT2D eigenvalue weighted by molar-refractivity contribution is 8.93. The minimum atomic E-state index is -0.311. The highest BCUT2D eigenvalue weighted by Gasteiger charge is 2.38. The van der Waals surface area contributed by atoms with Crippen LogP contribution in [0.2, 0.25) is 0 Å². The van der Waals surface area contributed by atoms with E-state index >= 15 is 0 Å². The van der Waals surface area contributed by atoms with E-state index in [4.69, 9.17) is 10.5 Å². The Kier molecular flexibility index (Phi) is 3.73. The van der Waals surface area contributed by atoms with E-state index in [1.807, 2.05) is 6.07 Å². The molecular formula is C11H15BrFNO. The molecule has 0 atom stereocenters. The van der Waals surface area contributed by atoms with Gasteiger partial charge in [0.05, 0.1) is 7.11 Å². The molecule has 15 heavy (non-hydrogen) atoms. The summed E-state index contributed by atoms with van der Waals surface area (Å²) < 4.78 is 18.3. The van der Waals surface area contributed by atoms with Crippen LogP contribution in [-0.2, 0) is 6.42 Å². The molecule has 2 rings (SSSR count). The Morgan fingerprint density at radius 3 is 2.67 bits per heavy atom. The molecule has 0 heterocycles. The summed E-state index contributed by atoms with van der Waals surface area (Å²) in [5.74, 6) is 0.0264. The molecule has 0 bridgehead atoms. The molecule has 1 aromatic rings. The van der Waals surface area contributed by atoms with Gasteiger partial charge in [-0.1, -0.05) is 12.1 Å². The second-order valence-electron chi connectivity index (χ2n) is 3.97. The van der Waals surface area contributed by atoms with Crippen molar-refractivity contribution in [2.75, 3.05) is 7.11 Å². The highest BCUT2D eigenvalue weighted by Crippen LogP contribution is 2.38. The SMILES string of the molecule is Br.COc1c(F)cccc1CC1(N)CC1. The predicted molar refractivity (Wildman–Crippen MR) is 63.1 cm³/mol. The zero-order chi connectivity index (χ0) is 10.2. The fourth-order valence-corrected chi connectivity index (χ4v) is 1.64. The normalized spacial score (nSPS) is 16.7. The Hall–Kier alpha value is -0.610. The lowest BCUT2D eigenvalue weighted by molar-refractivity contribution is 0.379. The summed E-state index contributed by atoms with van der Waals surface area (Å²) in [7, 11) is 1.48. The van der Waals surface area contributed by atoms with Crippen LogP contribution < -0.4 is 10.5 Å². The summed E-state index contributed by atoms with van der Waals surface area (Å²) in [6.07, 6.45) is 2.74. The van der Waals surface area contributed by atoms with Crippen molar-refractivity contribution in [2.45, 2.75) is 24.8 Å². The van der Waals surface area contributed by atoms with E-state index in [2.05, 4.69) is 0 Å². The maximum absolute atomic E-state index is 13.3. The quantitative estimate of drug-likeness (QED) is 0.920. The van der Waals surface area contributed by atoms with Crippen molar-refractivity contribution in [1.29, 1.82) is 0 Å². The molecule has 2 N–H and O–H groups in total. The molecule has 1 aromatic carbocycles. The molecule has 1 aliphatic carbocycles. The fraction of sp³-hybridized carbons (Fsp3) is 0.455. The summed E-state index contributed by atoms with van der Waals surface area (Å²) >= 11 is 0. The van der Waals surface area contributed by atoms with Gasteiger partial charge in [-0.05, 0) is 30.9 Å². The van der Waals surface area contributed by atoms with E-state index < -0.39 is 0 Å². The van der Waals surface area contributed by atoms with Gasteiger partial charge in [0.15, 0.2) is 11.6 Å². The molecule has 0 spiro atoms. The van der Waals surface area contributed by atoms with E-state index in [9.17, 15) is 4.39 Å². The molecule has 0 amide bonds. The van der Waals surface area contributed by atoms with Crippen molar-refractivity contribution in [3.05, 3.63) is 29.6 Å². The van der Waals surface area contributed by atoms with E-state index in [0.29, 0.717) is 12.2 Å². The Labute approximate surface area is 99.4 Å². The first kappa shape index (κ1) is 12.5. The molecule has 0 aliphatic heterocycles. The topological polar surface area (TPSA) is 35.2 Å². The third kappa shape index (κ3) is 2.69. The monoisotopic (exact) mass is 275 g/mol. The number of hydrogen-bond donors (Lipinski definition) is 1. The Morgan fingerprint density at radius 2 is 2.13 bits per heavy atom. The van der Waals surface area contributed by atoms with Gasteiger partial charge in [0, 0.05) is 5.54 Å². The van der Waals surface area contributed by atoms with E-state index in [1.165, 1.54) is 13.2 Å². The number of para-hydroxylation sites is 1. The number of nitrogens with two attached hydrogens (primary N) is 1. The largest absolute Gasteiger partial charge is 0.493 e. The molecule has 0 radical (unpaired) electrons. The van der Waals surface area contributed by atoms with Crippen molar-refractivity contribution < 1.29 is 9.13 Å². The van der Waals surface area contributed by atoms with Crippen LogP contribution in [0.3, 0.4) is 0 Å². The summed E-state index contributed by atoms with van der Waals surface area (Å²) in [6, 6.07) is 4.96. The van der Waals surface area contributed by atoms with Gasteiger partial charge < -0.3 is 10.5 Å². The summed E-state index contributed by atoms with van der Waals surface area (Å²) in [5.41, 5.74) is 6.73. The lowest BCUT2D eigenvalue weighted by atomic mass is 10.0. The Balaban J connectivity index is 0.00000112. The molecule has 2 nitrogen and oxygen atoms in total. The second kappa shape index (κ2) is 4.49. The first-order valence-electron chi connectivity index (χ1n) is 4.75. The number of halogens is 2. The highest BCUT2D eigenvalue weighted by atomic mass is 79.9. The van der Waals surface area contributed by atoms with Crippen molar-refractivity contribution in [3.8, 4) is 5.75 Å². The van der Waals surface area contributed by atoms with Gasteiger partial charge in [-0.25, -0.2) is 4.39 Å². The lowest BCUT2D eigenvalue weighted by Gasteiger charge is -2.12. The first-order chi connectivity index (χ1) is 6.64. The van der Waals surface area contributed by atoms with Gasteiger partial charge in [-0.15, -0.1) is 17.0 Å². The van der Waals surface area contributed by atoms with Crippen LogP contribution >= 0.6 is 17.0 Å². The van der Waals surface area contributed by atoms with Crippen LogP contribution in [0.4, 0.5) is 4.39 Å². The maximum atomic E-state index is 13.3. The summed E-state index contributed by atoms with van der Waals surface area (Å²) in [4.78, 5) is 0. The van der Waals surface area contributed by atoms with Crippen LogP contribution in [0.1, 0.15) is 18.4 Å². The van der Waals surface area contributed by atoms with E-state index in [0.717, 1.165) is 18.4 Å². The average Bonchev–Trinajstić information content (AvgIpc) is 2.84. The average molecular weight is 276 g/mol. The molecule has 1 aliphatic rings. The van der Waals surface area contributed by atoms with Crippen molar-refractivity contribution in [2.24, 2.45) is 5.73 Å². The fourth-order valence-electron chi connectivity index (χ4n) is 1.64. The third-order valence-corrected chi connectivity index (χ3v) is 2.69. The number of methoxy groups -OCH3 is 1. The maximum Gasteiger partial charge on any atom is 0.165 e. The van der Waals surface area contributed by atoms with Crippen molar-refractivity contribution in [3.63, 3.8) is 0 Å². The standard InChI is InChI=1S/C11H14FNO.BrH/c1-14-10-8(3-2-4-9(10)12)7-11(13)5-6-11;/h2-4H,5-7,13H2,1H3;1H. The Morgan fingerprint density at radius 1 is 1.47 bits per heavy atom. The first-order valence-corrected chi connectivity index (χ1v) is 4.75. The van der Waals surface area contributed by atoms with Crippen LogP contribution in [-0.4, -0.2) is 12.6 Å². The number of ether oxygens (including phenoxy) is 1. The van der Waals surface area contributed by atoms with Gasteiger partial charge in [0.1, 0.15) is 0 Å². The van der Waals surface area contributed by atoms with E-state index in [1.54, 1.807) is 6.07 Å². The molecule has 1 fully saturated rings. The van der Waals surface area contributed by atoms with Gasteiger partial charge in [-0.2, -0.15) is 0 Å². The minimum Gasteiger partial charge on any atom is -0.493 e. The van der Waals surface area contributed by atoms with Gasteiger partial charge >= 0.3 is 0 Å². The molecule has 1 saturated carbocycles. The number of benzene rings is 1. The molecule has 0 saturated heterocycles. The zero-order valence-electron chi connectivity index (χ0n) is 8.63. The van der Waals surface area contributed by atoms with Crippen molar-refractivity contribution in [1.82, 2.24) is 0 Å². The van der Waals surface area contributed by atoms with Crippen LogP contribution in [0.25, 0.3) is 0 Å². The molecule has 0 aromatic heterocycles. The smallest absolute Gasteiger partial charge is 0.165 e. The van der Waals surface area contributed by atoms with Crippen LogP contribution in [0.5, 0.6) is 5.75 Å². The Bertz CT molecular complexity index is 352. The van der Waals surface area contributed by atoms with Crippen LogP contribution in [0.15, 0.2) is 18.2 Å². The number of rotatable bonds is 3. The summed E-state index contributed by atoms with van der Waals surface area (Å²) in [6.45, 7) is 0. The van der Waals surface area contributed by atoms with Gasteiger partial charge in [0.25, 0.3) is 0 Å². The van der Waals surface area contributed by atoms with Gasteiger partial charge in [-0.3, -0.25) is 0 Å². The lowest BCUT2D eigenvalue weighted by Crippen LogP contribution is -2.24. The van der Waals surface area contributed by atoms with Gasteiger partial charge in [0.2, 0.25) is 0 Å². The second-order valence-corrected chi connectivity index (χ2v) is 3.97. The molecular weight excluding hydrogens is 261 g/mol. The predicted octanol–water partition coefficient (Wildman–Crippen LogP) is 2.45. The number of hydrogen-bond acceptors (Lipinski definition) is 2. The molecule has 4 heteroatoms. The summed E-state index contributed by atoms with van der Waals surface area (Å²) in [5, 5.41) is 0. The molecule has 0 unspecified atom stereocenters. The van der Waals surface area contributed by atoms with Crippen molar-refractivity contribution >= 4 is 17.0 Å². The molecule has 84 valence electrons.